The maximum absolute atomic E-state index is 12.3. The average Bonchev–Trinajstić information content (AvgIpc) is 3.09. The quantitative estimate of drug-likeness (QED) is 0.810. The number of aromatic nitrogens is 1. The number of amides is 1. The van der Waals surface area contributed by atoms with Crippen LogP contribution in [0.1, 0.15) is 31.7 Å². The van der Waals surface area contributed by atoms with Crippen LogP contribution in [0.5, 0.6) is 11.5 Å². The van der Waals surface area contributed by atoms with Gasteiger partial charge in [-0.3, -0.25) is 9.78 Å². The molecule has 25 heavy (non-hydrogen) atoms. The van der Waals surface area contributed by atoms with Crippen molar-refractivity contribution in [3.05, 3.63) is 54.4 Å². The summed E-state index contributed by atoms with van der Waals surface area (Å²) in [5.41, 5.74) is 1.26. The lowest BCUT2D eigenvalue weighted by molar-refractivity contribution is -0.132. The minimum Gasteiger partial charge on any atom is -0.488 e. The molecule has 0 N–H and O–H groups in total. The van der Waals surface area contributed by atoms with E-state index in [4.69, 9.17) is 9.47 Å². The molecule has 5 nitrogen and oxygen atoms in total. The number of rotatable bonds is 6. The molecular formula is C20H24N2O3. The summed E-state index contributed by atoms with van der Waals surface area (Å²) in [6.45, 7) is 5.65. The van der Waals surface area contributed by atoms with Crippen molar-refractivity contribution >= 4 is 5.91 Å². The molecule has 0 saturated carbocycles. The van der Waals surface area contributed by atoms with Gasteiger partial charge >= 0.3 is 0 Å². The van der Waals surface area contributed by atoms with Gasteiger partial charge in [-0.1, -0.05) is 26.0 Å². The van der Waals surface area contributed by atoms with E-state index in [-0.39, 0.29) is 18.6 Å². The van der Waals surface area contributed by atoms with Crippen LogP contribution in [0.25, 0.3) is 0 Å². The van der Waals surface area contributed by atoms with Crippen LogP contribution in [0.2, 0.25) is 0 Å². The third-order valence-corrected chi connectivity index (χ3v) is 4.36. The van der Waals surface area contributed by atoms with E-state index in [2.05, 4.69) is 18.8 Å². The first-order chi connectivity index (χ1) is 12.1. The number of carbonyl (C=O) groups excluding carboxylic acids is 1. The maximum atomic E-state index is 12.3. The van der Waals surface area contributed by atoms with E-state index in [1.165, 1.54) is 5.56 Å². The lowest BCUT2D eigenvalue weighted by Gasteiger charge is -2.17. The van der Waals surface area contributed by atoms with Gasteiger partial charge in [-0.15, -0.1) is 0 Å². The third kappa shape index (κ3) is 4.72. The van der Waals surface area contributed by atoms with Crippen LogP contribution in [-0.2, 0) is 4.79 Å². The summed E-state index contributed by atoms with van der Waals surface area (Å²) in [6, 6.07) is 11.6. The van der Waals surface area contributed by atoms with Crippen LogP contribution in [0.3, 0.4) is 0 Å². The van der Waals surface area contributed by atoms with E-state index in [0.29, 0.717) is 19.0 Å². The molecule has 0 radical (unpaired) electrons. The molecular weight excluding hydrogens is 316 g/mol. The van der Waals surface area contributed by atoms with Gasteiger partial charge in [0.1, 0.15) is 17.6 Å². The zero-order chi connectivity index (χ0) is 17.6. The summed E-state index contributed by atoms with van der Waals surface area (Å²) >= 11 is 0. The molecule has 1 fully saturated rings. The molecule has 5 heteroatoms. The van der Waals surface area contributed by atoms with Gasteiger partial charge < -0.3 is 14.4 Å². The van der Waals surface area contributed by atoms with Crippen molar-refractivity contribution in [3.63, 3.8) is 0 Å². The zero-order valence-electron chi connectivity index (χ0n) is 14.7. The number of benzene rings is 1. The van der Waals surface area contributed by atoms with Crippen molar-refractivity contribution in [3.8, 4) is 11.5 Å². The maximum Gasteiger partial charge on any atom is 0.260 e. The Morgan fingerprint density at radius 1 is 1.16 bits per heavy atom. The number of carbonyl (C=O) groups is 1. The lowest BCUT2D eigenvalue weighted by Crippen LogP contribution is -2.34. The molecule has 1 amide bonds. The van der Waals surface area contributed by atoms with E-state index < -0.39 is 0 Å². The number of hydrogen-bond acceptors (Lipinski definition) is 4. The predicted molar refractivity (Wildman–Crippen MR) is 95.9 cm³/mol. The summed E-state index contributed by atoms with van der Waals surface area (Å²) in [5.74, 6) is 1.99. The molecule has 2 heterocycles. The first kappa shape index (κ1) is 17.3. The van der Waals surface area contributed by atoms with Crippen LogP contribution in [-0.4, -0.2) is 41.6 Å². The number of nitrogens with zero attached hydrogens (tertiary/aromatic N) is 2. The topological polar surface area (TPSA) is 51.7 Å². The highest BCUT2D eigenvalue weighted by Crippen LogP contribution is 2.20. The molecule has 132 valence electrons. The molecule has 3 rings (SSSR count). The fourth-order valence-corrected chi connectivity index (χ4v) is 2.85. The summed E-state index contributed by atoms with van der Waals surface area (Å²) in [6.07, 6.45) is 4.26. The smallest absolute Gasteiger partial charge is 0.260 e. The van der Waals surface area contributed by atoms with Crippen LogP contribution < -0.4 is 9.47 Å². The highest BCUT2D eigenvalue weighted by molar-refractivity contribution is 5.78. The summed E-state index contributed by atoms with van der Waals surface area (Å²) in [5, 5.41) is 0. The van der Waals surface area contributed by atoms with Crippen LogP contribution >= 0.6 is 0 Å². The second-order valence-corrected chi connectivity index (χ2v) is 6.56. The molecule has 1 aliphatic heterocycles. The normalized spacial score (nSPS) is 16.9. The molecule has 1 aliphatic rings. The van der Waals surface area contributed by atoms with Gasteiger partial charge in [0.15, 0.2) is 6.61 Å². The zero-order valence-corrected chi connectivity index (χ0v) is 14.7. The Labute approximate surface area is 148 Å². The Kier molecular flexibility index (Phi) is 5.53. The van der Waals surface area contributed by atoms with Gasteiger partial charge in [-0.25, -0.2) is 0 Å². The van der Waals surface area contributed by atoms with Gasteiger partial charge in [0.25, 0.3) is 5.91 Å². The monoisotopic (exact) mass is 340 g/mol. The van der Waals surface area contributed by atoms with Gasteiger partial charge in [0.05, 0.1) is 6.54 Å². The van der Waals surface area contributed by atoms with Crippen molar-refractivity contribution in [2.45, 2.75) is 32.3 Å². The third-order valence-electron chi connectivity index (χ3n) is 4.36. The fourth-order valence-electron chi connectivity index (χ4n) is 2.85. The number of hydrogen-bond donors (Lipinski definition) is 0. The molecule has 2 aromatic rings. The second-order valence-electron chi connectivity index (χ2n) is 6.56. The molecule has 0 bridgehead atoms. The van der Waals surface area contributed by atoms with Gasteiger partial charge in [-0.2, -0.15) is 0 Å². The van der Waals surface area contributed by atoms with Crippen LogP contribution in [0.4, 0.5) is 0 Å². The van der Waals surface area contributed by atoms with Gasteiger partial charge in [0.2, 0.25) is 0 Å². The van der Waals surface area contributed by atoms with Gasteiger partial charge in [0, 0.05) is 25.4 Å². The van der Waals surface area contributed by atoms with E-state index in [1.54, 1.807) is 17.3 Å². The van der Waals surface area contributed by atoms with E-state index in [9.17, 15) is 4.79 Å². The van der Waals surface area contributed by atoms with E-state index in [0.717, 1.165) is 17.9 Å². The summed E-state index contributed by atoms with van der Waals surface area (Å²) < 4.78 is 11.5. The van der Waals surface area contributed by atoms with Crippen molar-refractivity contribution in [2.24, 2.45) is 0 Å². The minimum absolute atomic E-state index is 0.00577. The second kappa shape index (κ2) is 8.01. The summed E-state index contributed by atoms with van der Waals surface area (Å²) in [7, 11) is 0. The molecule has 0 aliphatic carbocycles. The Bertz CT molecular complexity index is 686. The van der Waals surface area contributed by atoms with Crippen molar-refractivity contribution in [1.82, 2.24) is 9.88 Å². The van der Waals surface area contributed by atoms with Crippen LogP contribution in [0.15, 0.2) is 48.8 Å². The molecule has 0 unspecified atom stereocenters. The standard InChI is InChI=1S/C20H24N2O3/c1-15(2)16-3-5-17(6-4-16)24-14-20(23)22-12-9-19(13-22)25-18-7-10-21-11-8-18/h3-8,10-11,15,19H,9,12-14H2,1-2H3/t19-/m1/s1. The van der Waals surface area contributed by atoms with Crippen molar-refractivity contribution in [2.75, 3.05) is 19.7 Å². The molecule has 1 atom stereocenters. The SMILES string of the molecule is CC(C)c1ccc(OCC(=O)N2CC[C@@H](Oc3ccncc3)C2)cc1. The Morgan fingerprint density at radius 2 is 1.88 bits per heavy atom. The molecule has 1 saturated heterocycles. The minimum atomic E-state index is -0.00577. The molecule has 1 aromatic carbocycles. The highest BCUT2D eigenvalue weighted by atomic mass is 16.5. The number of likely N-dealkylation sites (tertiary alicyclic amines) is 1. The first-order valence-electron chi connectivity index (χ1n) is 8.69. The Morgan fingerprint density at radius 3 is 2.56 bits per heavy atom. The first-order valence-corrected chi connectivity index (χ1v) is 8.69. The highest BCUT2D eigenvalue weighted by Gasteiger charge is 2.27. The summed E-state index contributed by atoms with van der Waals surface area (Å²) in [4.78, 5) is 18.1. The average molecular weight is 340 g/mol. The van der Waals surface area contributed by atoms with E-state index in [1.807, 2.05) is 36.4 Å². The van der Waals surface area contributed by atoms with Gasteiger partial charge in [-0.05, 0) is 35.7 Å². The van der Waals surface area contributed by atoms with Crippen molar-refractivity contribution in [1.29, 1.82) is 0 Å². The lowest BCUT2D eigenvalue weighted by atomic mass is 10.0. The Balaban J connectivity index is 1.46. The van der Waals surface area contributed by atoms with Crippen LogP contribution in [0, 0.1) is 0 Å². The van der Waals surface area contributed by atoms with E-state index >= 15 is 0 Å². The number of pyridine rings is 1. The fraction of sp³-hybridized carbons (Fsp3) is 0.400. The largest absolute Gasteiger partial charge is 0.488 e. The number of ether oxygens (including phenoxy) is 2. The predicted octanol–water partition coefficient (Wildman–Crippen LogP) is 3.26. The molecule has 1 aromatic heterocycles. The Hall–Kier alpha value is -2.56. The molecule has 0 spiro atoms. The van der Waals surface area contributed by atoms with Crippen molar-refractivity contribution < 1.29 is 14.3 Å².